The van der Waals surface area contributed by atoms with E-state index in [4.69, 9.17) is 0 Å². The van der Waals surface area contributed by atoms with Crippen LogP contribution in [-0.2, 0) is 11.3 Å². The first kappa shape index (κ1) is 24.6. The van der Waals surface area contributed by atoms with Gasteiger partial charge in [-0.25, -0.2) is 19.2 Å². The Morgan fingerprint density at radius 3 is 2.68 bits per heavy atom. The van der Waals surface area contributed by atoms with E-state index in [1.807, 2.05) is 12.4 Å². The predicted molar refractivity (Wildman–Crippen MR) is 137 cm³/mol. The second-order valence-corrected chi connectivity index (χ2v) is 11.1. The number of carbonyl (C=O) groups excluding carboxylic acids is 1. The summed E-state index contributed by atoms with van der Waals surface area (Å²) in [5, 5.41) is 2.96. The van der Waals surface area contributed by atoms with Gasteiger partial charge in [0.15, 0.2) is 0 Å². The molecular formula is C27H35F2N7O. The van der Waals surface area contributed by atoms with Crippen molar-refractivity contribution in [2.45, 2.75) is 69.0 Å². The van der Waals surface area contributed by atoms with Crippen molar-refractivity contribution in [2.75, 3.05) is 36.4 Å². The average Bonchev–Trinajstić information content (AvgIpc) is 3.32. The van der Waals surface area contributed by atoms with E-state index in [9.17, 15) is 13.6 Å². The first-order chi connectivity index (χ1) is 17.9. The summed E-state index contributed by atoms with van der Waals surface area (Å²) in [7, 11) is 0. The first-order valence-corrected chi connectivity index (χ1v) is 13.5. The Labute approximate surface area is 216 Å². The predicted octanol–water partition coefficient (Wildman–Crippen LogP) is 3.29. The third kappa shape index (κ3) is 5.46. The summed E-state index contributed by atoms with van der Waals surface area (Å²) < 4.78 is 26.3. The van der Waals surface area contributed by atoms with Gasteiger partial charge in [-0.1, -0.05) is 12.5 Å². The molecule has 5 heterocycles. The fourth-order valence-electron chi connectivity index (χ4n) is 6.35. The number of rotatable bonds is 6. The highest BCUT2D eigenvalue weighted by Gasteiger charge is 2.45. The van der Waals surface area contributed by atoms with Gasteiger partial charge in [-0.05, 0) is 74.4 Å². The molecule has 1 amide bonds. The lowest BCUT2D eigenvalue weighted by atomic mass is 9.73. The van der Waals surface area contributed by atoms with E-state index in [1.165, 1.54) is 41.5 Å². The van der Waals surface area contributed by atoms with Gasteiger partial charge in [-0.15, -0.1) is 0 Å². The van der Waals surface area contributed by atoms with Gasteiger partial charge >= 0.3 is 0 Å². The molecule has 0 bridgehead atoms. The number of alkyl halides is 2. The van der Waals surface area contributed by atoms with Crippen molar-refractivity contribution in [2.24, 2.45) is 5.92 Å². The molecule has 0 aromatic carbocycles. The minimum absolute atomic E-state index is 0.109. The SMILES string of the molecule is O=C(Nc1ccc(N2CC(F)(F)C2)nc1)C1NNC2CCC(c3cncc(CN4CCCCC4)c3)CC21. The number of likely N-dealkylation sites (tertiary alicyclic amines) is 1. The molecule has 4 atom stereocenters. The van der Waals surface area contributed by atoms with Crippen molar-refractivity contribution < 1.29 is 13.6 Å². The Kier molecular flexibility index (Phi) is 6.81. The van der Waals surface area contributed by atoms with Gasteiger partial charge in [0.1, 0.15) is 11.9 Å². The number of hydrogen-bond acceptors (Lipinski definition) is 7. The van der Waals surface area contributed by atoms with Crippen LogP contribution in [0.15, 0.2) is 36.8 Å². The number of fused-ring (bicyclic) bond motifs is 1. The number of piperidine rings is 1. The Hall–Kier alpha value is -2.69. The van der Waals surface area contributed by atoms with Crippen LogP contribution in [0.3, 0.4) is 0 Å². The number of hydrogen-bond donors (Lipinski definition) is 3. The highest BCUT2D eigenvalue weighted by Crippen LogP contribution is 2.40. The van der Waals surface area contributed by atoms with E-state index >= 15 is 0 Å². The standard InChI is InChI=1S/C27H35F2N7O/c28-27(29)16-36(17-27)24-7-5-21(14-31-24)32-26(37)25-22-11-19(4-6-23(22)33-34-25)20-10-18(12-30-13-20)15-35-8-2-1-3-9-35/h5,7,10,12-14,19,22-23,25,33-34H,1-4,6,8-9,11,15-17H2,(H,32,37). The zero-order valence-corrected chi connectivity index (χ0v) is 21.0. The monoisotopic (exact) mass is 511 g/mol. The van der Waals surface area contributed by atoms with Gasteiger partial charge in [0, 0.05) is 30.9 Å². The van der Waals surface area contributed by atoms with Gasteiger partial charge in [0.2, 0.25) is 5.91 Å². The second kappa shape index (κ2) is 10.2. The number of nitrogens with zero attached hydrogens (tertiary/aromatic N) is 4. The van der Waals surface area contributed by atoms with Crippen LogP contribution in [0, 0.1) is 5.92 Å². The van der Waals surface area contributed by atoms with Crippen molar-refractivity contribution in [1.29, 1.82) is 0 Å². The number of halogens is 2. The summed E-state index contributed by atoms with van der Waals surface area (Å²) in [4.78, 5) is 26.1. The highest BCUT2D eigenvalue weighted by atomic mass is 19.3. The molecule has 3 N–H and O–H groups in total. The molecule has 2 aromatic rings. The molecule has 3 aliphatic heterocycles. The number of hydrazine groups is 1. The Morgan fingerprint density at radius 1 is 1.08 bits per heavy atom. The molecule has 4 unspecified atom stereocenters. The Bertz CT molecular complexity index is 1100. The Morgan fingerprint density at radius 2 is 1.92 bits per heavy atom. The molecule has 198 valence electrons. The molecule has 0 radical (unpaired) electrons. The van der Waals surface area contributed by atoms with Crippen molar-refractivity contribution in [1.82, 2.24) is 25.7 Å². The summed E-state index contributed by atoms with van der Waals surface area (Å²) in [5.74, 6) is -1.71. The number of pyridine rings is 2. The molecule has 6 rings (SSSR count). The molecule has 2 aromatic heterocycles. The number of anilines is 2. The number of carbonyl (C=O) groups is 1. The summed E-state index contributed by atoms with van der Waals surface area (Å²) >= 11 is 0. The van der Waals surface area contributed by atoms with Crippen LogP contribution in [0.5, 0.6) is 0 Å². The van der Waals surface area contributed by atoms with Crippen LogP contribution >= 0.6 is 0 Å². The lowest BCUT2D eigenvalue weighted by Crippen LogP contribution is -2.56. The molecule has 1 saturated carbocycles. The van der Waals surface area contributed by atoms with Gasteiger partial charge in [0.05, 0.1) is 25.0 Å². The number of aromatic nitrogens is 2. The van der Waals surface area contributed by atoms with Crippen molar-refractivity contribution in [3.8, 4) is 0 Å². The van der Waals surface area contributed by atoms with Crippen LogP contribution in [0.25, 0.3) is 0 Å². The number of amides is 1. The number of nitrogens with one attached hydrogen (secondary N) is 3. The van der Waals surface area contributed by atoms with Crippen LogP contribution in [0.1, 0.15) is 55.6 Å². The largest absolute Gasteiger partial charge is 0.344 e. The zero-order chi connectivity index (χ0) is 25.4. The molecule has 4 aliphatic rings. The minimum atomic E-state index is -2.64. The molecule has 3 saturated heterocycles. The molecule has 8 nitrogen and oxygen atoms in total. The molecular weight excluding hydrogens is 476 g/mol. The van der Waals surface area contributed by atoms with E-state index in [0.717, 1.165) is 38.9 Å². The van der Waals surface area contributed by atoms with Gasteiger partial charge in [-0.3, -0.25) is 20.1 Å². The molecule has 0 spiro atoms. The fourth-order valence-corrected chi connectivity index (χ4v) is 6.35. The van der Waals surface area contributed by atoms with Crippen molar-refractivity contribution >= 4 is 17.4 Å². The maximum atomic E-state index is 13.2. The van der Waals surface area contributed by atoms with E-state index in [0.29, 0.717) is 17.4 Å². The summed E-state index contributed by atoms with van der Waals surface area (Å²) in [6.45, 7) is 2.66. The highest BCUT2D eigenvalue weighted by molar-refractivity contribution is 5.95. The normalized spacial score (nSPS) is 29.4. The van der Waals surface area contributed by atoms with E-state index in [-0.39, 0.29) is 37.0 Å². The molecule has 37 heavy (non-hydrogen) atoms. The third-order valence-electron chi connectivity index (χ3n) is 8.36. The van der Waals surface area contributed by atoms with E-state index in [1.54, 1.807) is 12.1 Å². The van der Waals surface area contributed by atoms with Crippen molar-refractivity contribution in [3.63, 3.8) is 0 Å². The third-order valence-corrected chi connectivity index (χ3v) is 8.36. The Balaban J connectivity index is 1.07. The fraction of sp³-hybridized carbons (Fsp3) is 0.593. The van der Waals surface area contributed by atoms with Gasteiger partial charge in [-0.2, -0.15) is 0 Å². The van der Waals surface area contributed by atoms with Gasteiger partial charge in [0.25, 0.3) is 5.92 Å². The quantitative estimate of drug-likeness (QED) is 0.549. The molecule has 1 aliphatic carbocycles. The van der Waals surface area contributed by atoms with Crippen molar-refractivity contribution in [3.05, 3.63) is 47.9 Å². The summed E-state index contributed by atoms with van der Waals surface area (Å²) in [6, 6.07) is 5.61. The summed E-state index contributed by atoms with van der Waals surface area (Å²) in [5.41, 5.74) is 9.66. The minimum Gasteiger partial charge on any atom is -0.344 e. The molecule has 10 heteroatoms. The lowest BCUT2D eigenvalue weighted by molar-refractivity contribution is -0.119. The topological polar surface area (TPSA) is 85.4 Å². The van der Waals surface area contributed by atoms with Gasteiger partial charge < -0.3 is 10.2 Å². The summed E-state index contributed by atoms with van der Waals surface area (Å²) in [6.07, 6.45) is 12.4. The lowest BCUT2D eigenvalue weighted by Gasteiger charge is -2.39. The zero-order valence-electron chi connectivity index (χ0n) is 21.0. The first-order valence-electron chi connectivity index (χ1n) is 13.5. The molecule has 4 fully saturated rings. The maximum absolute atomic E-state index is 13.2. The van der Waals surface area contributed by atoms with Crippen LogP contribution in [-0.4, -0.2) is 65.0 Å². The van der Waals surface area contributed by atoms with Crippen LogP contribution < -0.4 is 21.1 Å². The smallest absolute Gasteiger partial charge is 0.282 e. The van der Waals surface area contributed by atoms with E-state index in [2.05, 4.69) is 37.1 Å². The van der Waals surface area contributed by atoms with Crippen LogP contribution in [0.4, 0.5) is 20.3 Å². The maximum Gasteiger partial charge on any atom is 0.282 e. The average molecular weight is 512 g/mol. The van der Waals surface area contributed by atoms with Crippen LogP contribution in [0.2, 0.25) is 0 Å². The second-order valence-electron chi connectivity index (χ2n) is 11.1. The van der Waals surface area contributed by atoms with E-state index < -0.39 is 5.92 Å².